The molecule has 1 unspecified atom stereocenters. The molecule has 1 amide bonds. The third-order valence-electron chi connectivity index (χ3n) is 5.11. The summed E-state index contributed by atoms with van der Waals surface area (Å²) >= 11 is 0. The molecule has 0 aliphatic carbocycles. The topological polar surface area (TPSA) is 99.4 Å². The van der Waals surface area contributed by atoms with Crippen LogP contribution in [-0.4, -0.2) is 60.0 Å². The highest BCUT2D eigenvalue weighted by Gasteiger charge is 2.28. The number of benzene rings is 1. The highest BCUT2D eigenvalue weighted by atomic mass is 19.2. The summed E-state index contributed by atoms with van der Waals surface area (Å²) < 4.78 is 26.9. The Bertz CT molecular complexity index is 886. The van der Waals surface area contributed by atoms with Gasteiger partial charge in [-0.25, -0.2) is 18.7 Å². The van der Waals surface area contributed by atoms with Crippen molar-refractivity contribution in [1.82, 2.24) is 14.9 Å². The van der Waals surface area contributed by atoms with Crippen molar-refractivity contribution in [3.8, 4) is 0 Å². The minimum atomic E-state index is -0.870. The van der Waals surface area contributed by atoms with Gasteiger partial charge in [0.2, 0.25) is 5.91 Å². The smallest absolute Gasteiger partial charge is 0.243 e. The molecule has 1 saturated heterocycles. The van der Waals surface area contributed by atoms with E-state index < -0.39 is 11.6 Å². The van der Waals surface area contributed by atoms with Crippen molar-refractivity contribution in [2.45, 2.75) is 6.04 Å². The lowest BCUT2D eigenvalue weighted by molar-refractivity contribution is -0.114. The molecule has 1 atom stereocenters. The SMILES string of the molecule is NCC(c1ccc(F)c(F)c1)N1CCN(c2ncnc3c2NC(=O)CN3)CC1. The van der Waals surface area contributed by atoms with Crippen molar-refractivity contribution in [2.75, 3.05) is 54.8 Å². The van der Waals surface area contributed by atoms with Crippen molar-refractivity contribution < 1.29 is 13.6 Å². The number of carbonyl (C=O) groups excluding carboxylic acids is 1. The largest absolute Gasteiger partial charge is 0.359 e. The van der Waals surface area contributed by atoms with Crippen LogP contribution in [0.15, 0.2) is 24.5 Å². The van der Waals surface area contributed by atoms with E-state index in [-0.39, 0.29) is 18.5 Å². The second-order valence-electron chi connectivity index (χ2n) is 6.77. The van der Waals surface area contributed by atoms with Gasteiger partial charge in [0.1, 0.15) is 12.0 Å². The van der Waals surface area contributed by atoms with E-state index in [1.807, 2.05) is 0 Å². The predicted octanol–water partition coefficient (Wildman–Crippen LogP) is 0.941. The van der Waals surface area contributed by atoms with E-state index in [1.165, 1.54) is 12.4 Å². The molecular weight excluding hydrogens is 368 g/mol. The van der Waals surface area contributed by atoms with E-state index in [1.54, 1.807) is 6.07 Å². The van der Waals surface area contributed by atoms with Crippen LogP contribution in [-0.2, 0) is 4.79 Å². The van der Waals surface area contributed by atoms with Crippen LogP contribution in [0.1, 0.15) is 11.6 Å². The molecule has 0 bridgehead atoms. The Morgan fingerprint density at radius 3 is 2.64 bits per heavy atom. The summed E-state index contributed by atoms with van der Waals surface area (Å²) in [5.74, 6) is -0.598. The number of anilines is 3. The molecule has 148 valence electrons. The van der Waals surface area contributed by atoms with Gasteiger partial charge >= 0.3 is 0 Å². The van der Waals surface area contributed by atoms with Crippen LogP contribution in [0, 0.1) is 11.6 Å². The van der Waals surface area contributed by atoms with E-state index in [9.17, 15) is 13.6 Å². The quantitative estimate of drug-likeness (QED) is 0.716. The van der Waals surface area contributed by atoms with Crippen LogP contribution in [0.3, 0.4) is 0 Å². The summed E-state index contributed by atoms with van der Waals surface area (Å²) in [5, 5.41) is 5.81. The third-order valence-corrected chi connectivity index (χ3v) is 5.11. The van der Waals surface area contributed by atoms with Gasteiger partial charge in [0.15, 0.2) is 23.3 Å². The van der Waals surface area contributed by atoms with Gasteiger partial charge in [-0.15, -0.1) is 0 Å². The maximum atomic E-state index is 13.6. The van der Waals surface area contributed by atoms with Crippen LogP contribution in [0.5, 0.6) is 0 Å². The Kier molecular flexibility index (Phi) is 5.05. The highest BCUT2D eigenvalue weighted by molar-refractivity contribution is 6.02. The number of hydrogen-bond donors (Lipinski definition) is 3. The van der Waals surface area contributed by atoms with Crippen LogP contribution in [0.25, 0.3) is 0 Å². The van der Waals surface area contributed by atoms with Gasteiger partial charge in [-0.1, -0.05) is 6.07 Å². The number of fused-ring (bicyclic) bond motifs is 1. The zero-order chi connectivity index (χ0) is 19.7. The molecule has 3 heterocycles. The molecule has 0 saturated carbocycles. The molecule has 1 aromatic carbocycles. The van der Waals surface area contributed by atoms with Crippen molar-refractivity contribution in [1.29, 1.82) is 0 Å². The standard InChI is InChI=1S/C18H21F2N7O/c19-12-2-1-11(7-13(12)20)14(8-21)26-3-5-27(6-4-26)18-16-17(23-10-24-18)22-9-15(28)25-16/h1-2,7,10,14H,3-6,8-9,21H2,(H,25,28)(H,22,23,24). The number of hydrogen-bond acceptors (Lipinski definition) is 7. The molecule has 4 N–H and O–H groups in total. The van der Waals surface area contributed by atoms with E-state index in [0.717, 1.165) is 6.07 Å². The first-order chi connectivity index (χ1) is 13.6. The molecule has 1 aromatic heterocycles. The number of aromatic nitrogens is 2. The Hall–Kier alpha value is -2.85. The Balaban J connectivity index is 1.49. The fraction of sp³-hybridized carbons (Fsp3) is 0.389. The molecule has 4 rings (SSSR count). The number of amides is 1. The number of carbonyl (C=O) groups is 1. The van der Waals surface area contributed by atoms with Gasteiger partial charge in [-0.3, -0.25) is 9.69 Å². The van der Waals surface area contributed by atoms with Gasteiger partial charge in [0.05, 0.1) is 6.54 Å². The summed E-state index contributed by atoms with van der Waals surface area (Å²) in [4.78, 5) is 24.5. The normalized spacial score (nSPS) is 18.2. The minimum Gasteiger partial charge on any atom is -0.359 e. The molecule has 0 spiro atoms. The molecule has 8 nitrogen and oxygen atoms in total. The van der Waals surface area contributed by atoms with Crippen molar-refractivity contribution in [3.05, 3.63) is 41.7 Å². The van der Waals surface area contributed by atoms with Crippen molar-refractivity contribution in [2.24, 2.45) is 5.73 Å². The molecule has 1 fully saturated rings. The van der Waals surface area contributed by atoms with Crippen molar-refractivity contribution >= 4 is 23.2 Å². The number of halogens is 2. The first-order valence-corrected chi connectivity index (χ1v) is 9.09. The van der Waals surface area contributed by atoms with Crippen LogP contribution in [0.4, 0.5) is 26.1 Å². The summed E-state index contributed by atoms with van der Waals surface area (Å²) in [5.41, 5.74) is 7.17. The van der Waals surface area contributed by atoms with Crippen molar-refractivity contribution in [3.63, 3.8) is 0 Å². The Labute approximate surface area is 160 Å². The molecule has 2 aliphatic heterocycles. The highest BCUT2D eigenvalue weighted by Crippen LogP contribution is 2.32. The van der Waals surface area contributed by atoms with Crippen LogP contribution in [0.2, 0.25) is 0 Å². The van der Waals surface area contributed by atoms with Gasteiger partial charge in [-0.05, 0) is 17.7 Å². The Morgan fingerprint density at radius 2 is 1.93 bits per heavy atom. The molecule has 28 heavy (non-hydrogen) atoms. The molecule has 2 aliphatic rings. The Morgan fingerprint density at radius 1 is 1.14 bits per heavy atom. The fourth-order valence-electron chi connectivity index (χ4n) is 3.67. The van der Waals surface area contributed by atoms with E-state index in [0.29, 0.717) is 55.6 Å². The second-order valence-corrected chi connectivity index (χ2v) is 6.77. The predicted molar refractivity (Wildman–Crippen MR) is 101 cm³/mol. The molecule has 2 aromatic rings. The molecule has 10 heteroatoms. The van der Waals surface area contributed by atoms with Crippen LogP contribution >= 0.6 is 0 Å². The number of nitrogens with two attached hydrogens (primary N) is 1. The number of nitrogens with one attached hydrogen (secondary N) is 2. The first kappa shape index (κ1) is 18.5. The number of nitrogens with zero attached hydrogens (tertiary/aromatic N) is 4. The average molecular weight is 389 g/mol. The monoisotopic (exact) mass is 389 g/mol. The zero-order valence-electron chi connectivity index (χ0n) is 15.2. The van der Waals surface area contributed by atoms with E-state index >= 15 is 0 Å². The second kappa shape index (κ2) is 7.64. The third kappa shape index (κ3) is 3.48. The van der Waals surface area contributed by atoms with Crippen LogP contribution < -0.4 is 21.3 Å². The number of rotatable bonds is 4. The summed E-state index contributed by atoms with van der Waals surface area (Å²) in [6.07, 6.45) is 1.47. The lowest BCUT2D eigenvalue weighted by Gasteiger charge is -2.40. The van der Waals surface area contributed by atoms with E-state index in [2.05, 4.69) is 30.4 Å². The summed E-state index contributed by atoms with van der Waals surface area (Å²) in [7, 11) is 0. The summed E-state index contributed by atoms with van der Waals surface area (Å²) in [6.45, 7) is 3.12. The minimum absolute atomic E-state index is 0.135. The van der Waals surface area contributed by atoms with Gasteiger partial charge in [0, 0.05) is 38.8 Å². The maximum absolute atomic E-state index is 13.6. The van der Waals surface area contributed by atoms with E-state index in [4.69, 9.17) is 5.73 Å². The van der Waals surface area contributed by atoms with Gasteiger partial charge in [-0.2, -0.15) is 0 Å². The first-order valence-electron chi connectivity index (χ1n) is 9.09. The maximum Gasteiger partial charge on any atom is 0.243 e. The molecular formula is C18H21F2N7O. The molecule has 0 radical (unpaired) electrons. The fourth-order valence-corrected chi connectivity index (χ4v) is 3.67. The average Bonchev–Trinajstić information content (AvgIpc) is 2.71. The summed E-state index contributed by atoms with van der Waals surface area (Å²) in [6, 6.07) is 3.72. The van der Waals surface area contributed by atoms with Gasteiger partial charge < -0.3 is 21.3 Å². The number of piperazine rings is 1. The van der Waals surface area contributed by atoms with Gasteiger partial charge in [0.25, 0.3) is 0 Å². The lowest BCUT2D eigenvalue weighted by atomic mass is 10.0. The lowest BCUT2D eigenvalue weighted by Crippen LogP contribution is -2.49. The zero-order valence-corrected chi connectivity index (χ0v) is 15.2.